The average Bonchev–Trinajstić information content (AvgIpc) is 3.11. The van der Waals surface area contributed by atoms with E-state index in [1.807, 2.05) is 6.07 Å². The second-order valence-electron chi connectivity index (χ2n) is 8.24. The maximum atomic E-state index is 13.2. The molecule has 3 heterocycles. The second kappa shape index (κ2) is 7.21. The van der Waals surface area contributed by atoms with Crippen LogP contribution in [0.15, 0.2) is 42.5 Å². The van der Waals surface area contributed by atoms with E-state index in [1.54, 1.807) is 12.1 Å². The van der Waals surface area contributed by atoms with Crippen LogP contribution < -0.4 is 5.32 Å². The number of carbonyl (C=O) groups is 1. The van der Waals surface area contributed by atoms with Crippen LogP contribution in [-0.4, -0.2) is 36.7 Å². The summed E-state index contributed by atoms with van der Waals surface area (Å²) in [7, 11) is 0. The van der Waals surface area contributed by atoms with Gasteiger partial charge in [-0.05, 0) is 79.1 Å². The van der Waals surface area contributed by atoms with Crippen molar-refractivity contribution < 1.29 is 13.9 Å². The summed E-state index contributed by atoms with van der Waals surface area (Å²) in [6, 6.07) is 12.9. The van der Waals surface area contributed by atoms with Gasteiger partial charge in [0.15, 0.2) is 0 Å². The fourth-order valence-electron chi connectivity index (χ4n) is 4.95. The summed E-state index contributed by atoms with van der Waals surface area (Å²) in [5, 5.41) is 3.08. The van der Waals surface area contributed by atoms with Gasteiger partial charge >= 0.3 is 6.09 Å². The highest BCUT2D eigenvalue weighted by molar-refractivity contribution is 5.69. The van der Waals surface area contributed by atoms with Gasteiger partial charge in [0.05, 0.1) is 6.04 Å². The van der Waals surface area contributed by atoms with E-state index < -0.39 is 0 Å². The smallest absolute Gasteiger partial charge is 0.407 e. The molecule has 1 aliphatic carbocycles. The highest BCUT2D eigenvalue weighted by Gasteiger charge is 2.37. The normalized spacial score (nSPS) is 28.0. The van der Waals surface area contributed by atoms with E-state index in [4.69, 9.17) is 4.74 Å². The molecule has 4 aliphatic rings. The predicted octanol–water partition coefficient (Wildman–Crippen LogP) is 4.30. The zero-order valence-corrected chi connectivity index (χ0v) is 15.9. The standard InChI is InChI=1S/C23H25FN2O2/c24-19-5-1-15(2-6-19)17-3-7-20-18(13-17)4-8-21(20)25-23(27)28-22-14-26-11-9-16(22)10-12-26/h1-3,5-7,13,16,21-22H,4,8-12,14H2,(H,25,27)/t21?,22-/m0/s1. The third-order valence-electron chi connectivity index (χ3n) is 6.54. The van der Waals surface area contributed by atoms with Crippen LogP contribution in [0.3, 0.4) is 0 Å². The highest BCUT2D eigenvalue weighted by Crippen LogP contribution is 2.35. The van der Waals surface area contributed by atoms with Gasteiger partial charge in [0.2, 0.25) is 0 Å². The minimum atomic E-state index is -0.292. The first-order valence-electron chi connectivity index (χ1n) is 10.2. The molecule has 3 fully saturated rings. The lowest BCUT2D eigenvalue weighted by Crippen LogP contribution is -2.52. The van der Waals surface area contributed by atoms with Gasteiger partial charge in [0.1, 0.15) is 11.9 Å². The number of ether oxygens (including phenoxy) is 1. The zero-order valence-electron chi connectivity index (χ0n) is 15.9. The fourth-order valence-corrected chi connectivity index (χ4v) is 4.95. The van der Waals surface area contributed by atoms with Crippen LogP contribution in [0.4, 0.5) is 9.18 Å². The number of amides is 1. The first kappa shape index (κ1) is 17.7. The Labute approximate surface area is 164 Å². The van der Waals surface area contributed by atoms with Crippen LogP contribution in [0.5, 0.6) is 0 Å². The van der Waals surface area contributed by atoms with Crippen molar-refractivity contribution >= 4 is 6.09 Å². The number of nitrogens with zero attached hydrogens (tertiary/aromatic N) is 1. The summed E-state index contributed by atoms with van der Waals surface area (Å²) in [5.41, 5.74) is 4.49. The minimum absolute atomic E-state index is 0.00542. The Hall–Kier alpha value is -2.40. The van der Waals surface area contributed by atoms with Crippen LogP contribution in [0.25, 0.3) is 11.1 Å². The van der Waals surface area contributed by atoms with E-state index in [0.29, 0.717) is 5.92 Å². The van der Waals surface area contributed by atoms with Gasteiger partial charge in [-0.15, -0.1) is 0 Å². The van der Waals surface area contributed by atoms with Crippen LogP contribution in [0.1, 0.15) is 36.4 Å². The Kier molecular flexibility index (Phi) is 4.55. The molecule has 0 radical (unpaired) electrons. The average molecular weight is 380 g/mol. The van der Waals surface area contributed by atoms with Gasteiger partial charge in [0, 0.05) is 6.54 Å². The number of fused-ring (bicyclic) bond motifs is 4. The molecular formula is C23H25FN2O2. The summed E-state index contributed by atoms with van der Waals surface area (Å²) in [6.07, 6.45) is 3.82. The molecule has 1 amide bonds. The molecule has 2 aromatic carbocycles. The van der Waals surface area contributed by atoms with Gasteiger partial charge in [-0.1, -0.05) is 30.3 Å². The third-order valence-corrected chi connectivity index (χ3v) is 6.54. The van der Waals surface area contributed by atoms with E-state index >= 15 is 0 Å². The number of carbonyl (C=O) groups excluding carboxylic acids is 1. The number of halogens is 1. The minimum Gasteiger partial charge on any atom is -0.445 e. The molecule has 1 unspecified atom stereocenters. The van der Waals surface area contributed by atoms with Gasteiger partial charge in [-0.3, -0.25) is 4.90 Å². The van der Waals surface area contributed by atoms with E-state index in [-0.39, 0.29) is 24.1 Å². The molecule has 4 nitrogen and oxygen atoms in total. The summed E-state index contributed by atoms with van der Waals surface area (Å²) >= 11 is 0. The summed E-state index contributed by atoms with van der Waals surface area (Å²) in [5.74, 6) is 0.292. The molecule has 2 aromatic rings. The first-order valence-corrected chi connectivity index (χ1v) is 10.2. The molecule has 1 N–H and O–H groups in total. The summed E-state index contributed by atoms with van der Waals surface area (Å²) in [6.45, 7) is 3.15. The monoisotopic (exact) mass is 380 g/mol. The van der Waals surface area contributed by atoms with Gasteiger partial charge < -0.3 is 10.1 Å². The Morgan fingerprint density at radius 1 is 1.04 bits per heavy atom. The highest BCUT2D eigenvalue weighted by atomic mass is 19.1. The summed E-state index contributed by atoms with van der Waals surface area (Å²) in [4.78, 5) is 14.9. The molecule has 2 atom stereocenters. The molecule has 146 valence electrons. The molecular weight excluding hydrogens is 355 g/mol. The molecule has 28 heavy (non-hydrogen) atoms. The topological polar surface area (TPSA) is 41.6 Å². The van der Waals surface area contributed by atoms with E-state index in [2.05, 4.69) is 22.3 Å². The van der Waals surface area contributed by atoms with Crippen molar-refractivity contribution in [1.82, 2.24) is 10.2 Å². The summed E-state index contributed by atoms with van der Waals surface area (Å²) < 4.78 is 18.9. The van der Waals surface area contributed by atoms with E-state index in [9.17, 15) is 9.18 Å². The van der Waals surface area contributed by atoms with Gasteiger partial charge in [-0.25, -0.2) is 9.18 Å². The Bertz CT molecular complexity index is 875. The molecule has 3 saturated heterocycles. The third kappa shape index (κ3) is 3.39. The van der Waals surface area contributed by atoms with E-state index in [0.717, 1.165) is 62.0 Å². The lowest BCUT2D eigenvalue weighted by molar-refractivity contribution is -0.0339. The number of nitrogens with one attached hydrogen (secondary N) is 1. The second-order valence-corrected chi connectivity index (χ2v) is 8.24. The Morgan fingerprint density at radius 3 is 2.50 bits per heavy atom. The van der Waals surface area contributed by atoms with Crippen molar-refractivity contribution in [3.63, 3.8) is 0 Å². The Morgan fingerprint density at radius 2 is 1.79 bits per heavy atom. The number of aryl methyl sites for hydroxylation is 1. The maximum absolute atomic E-state index is 13.2. The van der Waals surface area contributed by atoms with Gasteiger partial charge in [-0.2, -0.15) is 0 Å². The molecule has 0 aromatic heterocycles. The SMILES string of the molecule is O=C(NC1CCc2cc(-c3ccc(F)cc3)ccc21)O[C@H]1CN2CCC1CC2. The van der Waals surface area contributed by atoms with Crippen LogP contribution >= 0.6 is 0 Å². The number of rotatable bonds is 3. The van der Waals surface area contributed by atoms with Crippen LogP contribution in [0.2, 0.25) is 0 Å². The molecule has 0 spiro atoms. The molecule has 3 aliphatic heterocycles. The predicted molar refractivity (Wildman–Crippen MR) is 105 cm³/mol. The quantitative estimate of drug-likeness (QED) is 0.863. The van der Waals surface area contributed by atoms with Gasteiger partial charge in [0.25, 0.3) is 0 Å². The first-order chi connectivity index (χ1) is 13.7. The molecule has 2 bridgehead atoms. The number of hydrogen-bond donors (Lipinski definition) is 1. The lowest BCUT2D eigenvalue weighted by atomic mass is 9.86. The number of hydrogen-bond acceptors (Lipinski definition) is 3. The van der Waals surface area contributed by atoms with Crippen molar-refractivity contribution in [2.45, 2.75) is 37.8 Å². The van der Waals surface area contributed by atoms with Crippen LogP contribution in [-0.2, 0) is 11.2 Å². The van der Waals surface area contributed by atoms with Crippen molar-refractivity contribution in [2.24, 2.45) is 5.92 Å². The van der Waals surface area contributed by atoms with Crippen molar-refractivity contribution in [1.29, 1.82) is 0 Å². The number of piperidine rings is 3. The maximum Gasteiger partial charge on any atom is 0.407 e. The zero-order chi connectivity index (χ0) is 19.1. The molecule has 0 saturated carbocycles. The largest absolute Gasteiger partial charge is 0.445 e. The molecule has 6 rings (SSSR count). The van der Waals surface area contributed by atoms with Crippen molar-refractivity contribution in [3.8, 4) is 11.1 Å². The Balaban J connectivity index is 1.25. The molecule has 5 heteroatoms. The van der Waals surface area contributed by atoms with E-state index in [1.165, 1.54) is 17.7 Å². The fraction of sp³-hybridized carbons (Fsp3) is 0.435. The van der Waals surface area contributed by atoms with Crippen LogP contribution in [0, 0.1) is 11.7 Å². The van der Waals surface area contributed by atoms with Crippen molar-refractivity contribution in [3.05, 3.63) is 59.4 Å². The lowest BCUT2D eigenvalue weighted by Gasteiger charge is -2.43. The van der Waals surface area contributed by atoms with Crippen molar-refractivity contribution in [2.75, 3.05) is 19.6 Å². The number of alkyl carbamates (subject to hydrolysis) is 1. The number of benzene rings is 2.